The smallest absolute Gasteiger partial charge is 0.229 e. The van der Waals surface area contributed by atoms with Crippen LogP contribution in [0.3, 0.4) is 0 Å². The molecule has 6 heteroatoms. The Morgan fingerprint density at radius 1 is 1.12 bits per heavy atom. The third-order valence-corrected chi connectivity index (χ3v) is 5.39. The van der Waals surface area contributed by atoms with Crippen LogP contribution in [0.15, 0.2) is 34.9 Å². The molecule has 0 bridgehead atoms. The molecule has 2 aromatic heterocycles. The van der Waals surface area contributed by atoms with Gasteiger partial charge in [-0.1, -0.05) is 35.5 Å². The summed E-state index contributed by atoms with van der Waals surface area (Å²) in [5.41, 5.74) is 5.09. The highest BCUT2D eigenvalue weighted by Gasteiger charge is 2.30. The van der Waals surface area contributed by atoms with Crippen LogP contribution in [0.1, 0.15) is 41.7 Å². The number of nitrogens with zero attached hydrogens (tertiary/aromatic N) is 5. The minimum atomic E-state index is 0.517. The van der Waals surface area contributed by atoms with Crippen molar-refractivity contribution in [2.75, 3.05) is 13.1 Å². The fourth-order valence-electron chi connectivity index (χ4n) is 3.88. The van der Waals surface area contributed by atoms with Crippen molar-refractivity contribution in [3.8, 4) is 11.3 Å². The Bertz CT molecular complexity index is 910. The van der Waals surface area contributed by atoms with E-state index in [1.54, 1.807) is 0 Å². The van der Waals surface area contributed by atoms with Crippen LogP contribution < -0.4 is 0 Å². The lowest BCUT2D eigenvalue weighted by molar-refractivity contribution is 0.265. The first-order chi connectivity index (χ1) is 12.8. The van der Waals surface area contributed by atoms with Crippen molar-refractivity contribution in [1.82, 2.24) is 24.8 Å². The van der Waals surface area contributed by atoms with Gasteiger partial charge in [0.1, 0.15) is 0 Å². The average Bonchev–Trinajstić information content (AvgIpc) is 3.36. The lowest BCUT2D eigenvalue weighted by Gasteiger charge is -2.17. The molecule has 1 aromatic carbocycles. The van der Waals surface area contributed by atoms with Crippen molar-refractivity contribution in [2.45, 2.75) is 38.1 Å². The number of hydrogen-bond acceptors (Lipinski definition) is 5. The van der Waals surface area contributed by atoms with Crippen LogP contribution in [0.25, 0.3) is 11.3 Å². The monoisotopic (exact) mass is 349 g/mol. The molecule has 0 unspecified atom stereocenters. The Morgan fingerprint density at radius 3 is 2.73 bits per heavy atom. The van der Waals surface area contributed by atoms with Crippen LogP contribution in [-0.4, -0.2) is 37.9 Å². The molecule has 0 saturated heterocycles. The van der Waals surface area contributed by atoms with Crippen molar-refractivity contribution in [1.29, 1.82) is 0 Å². The fourth-order valence-corrected chi connectivity index (χ4v) is 3.88. The zero-order chi connectivity index (χ0) is 17.5. The van der Waals surface area contributed by atoms with E-state index >= 15 is 0 Å². The summed E-state index contributed by atoms with van der Waals surface area (Å²) in [7, 11) is 2.05. The maximum Gasteiger partial charge on any atom is 0.229 e. The quantitative estimate of drug-likeness (QED) is 0.725. The molecular formula is C20H23N5O. The Labute approximate surface area is 152 Å². The van der Waals surface area contributed by atoms with Crippen molar-refractivity contribution in [3.05, 3.63) is 53.3 Å². The summed E-state index contributed by atoms with van der Waals surface area (Å²) >= 11 is 0. The Hall–Kier alpha value is -2.47. The molecule has 5 rings (SSSR count). The second-order valence-corrected chi connectivity index (χ2v) is 7.36. The van der Waals surface area contributed by atoms with Gasteiger partial charge in [-0.2, -0.15) is 10.1 Å². The van der Waals surface area contributed by atoms with Crippen LogP contribution in [0.4, 0.5) is 0 Å². The third kappa shape index (κ3) is 2.94. The third-order valence-electron chi connectivity index (χ3n) is 5.39. The van der Waals surface area contributed by atoms with E-state index in [1.165, 1.54) is 35.4 Å². The van der Waals surface area contributed by atoms with E-state index < -0.39 is 0 Å². The molecule has 0 N–H and O–H groups in total. The first kappa shape index (κ1) is 15.8. The van der Waals surface area contributed by atoms with E-state index in [4.69, 9.17) is 9.62 Å². The molecule has 0 atom stereocenters. The number of rotatable bonds is 4. The molecule has 0 amide bonds. The number of benzene rings is 1. The van der Waals surface area contributed by atoms with Gasteiger partial charge in [0.2, 0.25) is 5.89 Å². The molecule has 1 aliphatic carbocycles. The first-order valence-electron chi connectivity index (χ1n) is 9.43. The predicted molar refractivity (Wildman–Crippen MR) is 97.6 cm³/mol. The maximum absolute atomic E-state index is 5.40. The van der Waals surface area contributed by atoms with E-state index in [2.05, 4.69) is 45.4 Å². The van der Waals surface area contributed by atoms with Crippen LogP contribution in [0, 0.1) is 0 Å². The van der Waals surface area contributed by atoms with E-state index in [-0.39, 0.29) is 0 Å². The minimum absolute atomic E-state index is 0.517. The number of fused-ring (bicyclic) bond motifs is 1. The normalized spacial score (nSPS) is 17.9. The zero-order valence-electron chi connectivity index (χ0n) is 15.1. The molecule has 2 aliphatic rings. The first-order valence-corrected chi connectivity index (χ1v) is 9.43. The lowest BCUT2D eigenvalue weighted by Crippen LogP contribution is -2.26. The second-order valence-electron chi connectivity index (χ2n) is 7.36. The summed E-state index contributed by atoms with van der Waals surface area (Å²) in [5, 5.41) is 8.98. The SMILES string of the molecule is Cn1nc2c(c1-c1ccccc1)CCN(Cc1noc(C3CC3)n1)CC2. The largest absolute Gasteiger partial charge is 0.339 e. The summed E-state index contributed by atoms with van der Waals surface area (Å²) in [6.07, 6.45) is 4.34. The highest BCUT2D eigenvalue weighted by atomic mass is 16.5. The summed E-state index contributed by atoms with van der Waals surface area (Å²) in [4.78, 5) is 6.99. The summed E-state index contributed by atoms with van der Waals surface area (Å²) in [6, 6.07) is 10.6. The van der Waals surface area contributed by atoms with Gasteiger partial charge >= 0.3 is 0 Å². The lowest BCUT2D eigenvalue weighted by atomic mass is 10.0. The van der Waals surface area contributed by atoms with Crippen molar-refractivity contribution in [3.63, 3.8) is 0 Å². The zero-order valence-corrected chi connectivity index (χ0v) is 15.1. The fraction of sp³-hybridized carbons (Fsp3) is 0.450. The van der Waals surface area contributed by atoms with Gasteiger partial charge < -0.3 is 4.52 Å². The summed E-state index contributed by atoms with van der Waals surface area (Å²) in [6.45, 7) is 2.73. The summed E-state index contributed by atoms with van der Waals surface area (Å²) in [5.74, 6) is 2.16. The van der Waals surface area contributed by atoms with Gasteiger partial charge in [0.15, 0.2) is 5.82 Å². The van der Waals surface area contributed by atoms with Gasteiger partial charge in [-0.15, -0.1) is 0 Å². The predicted octanol–water partition coefficient (Wildman–Crippen LogP) is 2.95. The highest BCUT2D eigenvalue weighted by molar-refractivity contribution is 5.64. The molecular weight excluding hydrogens is 326 g/mol. The Kier molecular flexibility index (Phi) is 3.85. The van der Waals surface area contributed by atoms with Gasteiger partial charge in [-0.3, -0.25) is 9.58 Å². The molecule has 1 aliphatic heterocycles. The molecule has 1 fully saturated rings. The molecule has 0 radical (unpaired) electrons. The van der Waals surface area contributed by atoms with Crippen molar-refractivity contribution < 1.29 is 4.52 Å². The molecule has 1 saturated carbocycles. The minimum Gasteiger partial charge on any atom is -0.339 e. The van der Waals surface area contributed by atoms with Gasteiger partial charge in [0.05, 0.1) is 17.9 Å². The standard InChI is InChI=1S/C20H23N5O/c1-24-19(14-5-3-2-4-6-14)16-9-11-25(12-10-17(16)22-24)13-18-21-20(26-23-18)15-7-8-15/h2-6,15H,7-13H2,1H3. The molecule has 134 valence electrons. The number of aryl methyl sites for hydroxylation is 1. The van der Waals surface area contributed by atoms with Crippen molar-refractivity contribution in [2.24, 2.45) is 7.05 Å². The number of hydrogen-bond donors (Lipinski definition) is 0. The Morgan fingerprint density at radius 2 is 1.92 bits per heavy atom. The highest BCUT2D eigenvalue weighted by Crippen LogP contribution is 2.38. The van der Waals surface area contributed by atoms with E-state index in [0.717, 1.165) is 44.2 Å². The van der Waals surface area contributed by atoms with Crippen LogP contribution >= 0.6 is 0 Å². The average molecular weight is 349 g/mol. The van der Waals surface area contributed by atoms with Gasteiger partial charge in [-0.25, -0.2) is 0 Å². The van der Waals surface area contributed by atoms with Gasteiger partial charge in [0, 0.05) is 43.6 Å². The molecule has 6 nitrogen and oxygen atoms in total. The molecule has 26 heavy (non-hydrogen) atoms. The van der Waals surface area contributed by atoms with Crippen molar-refractivity contribution >= 4 is 0 Å². The topological polar surface area (TPSA) is 60.0 Å². The van der Waals surface area contributed by atoms with Gasteiger partial charge in [-0.05, 0) is 19.3 Å². The van der Waals surface area contributed by atoms with Crippen LogP contribution in [0.5, 0.6) is 0 Å². The molecule has 3 aromatic rings. The second kappa shape index (κ2) is 6.36. The van der Waals surface area contributed by atoms with Gasteiger partial charge in [0.25, 0.3) is 0 Å². The van der Waals surface area contributed by atoms with Crippen LogP contribution in [-0.2, 0) is 26.4 Å². The van der Waals surface area contributed by atoms with Crippen LogP contribution in [0.2, 0.25) is 0 Å². The molecule has 3 heterocycles. The number of aromatic nitrogens is 4. The van der Waals surface area contributed by atoms with E-state index in [1.807, 2.05) is 11.7 Å². The van der Waals surface area contributed by atoms with E-state index in [0.29, 0.717) is 5.92 Å². The Balaban J connectivity index is 1.34. The maximum atomic E-state index is 5.40. The summed E-state index contributed by atoms with van der Waals surface area (Å²) < 4.78 is 7.44. The van der Waals surface area contributed by atoms with E-state index in [9.17, 15) is 0 Å². The molecule has 0 spiro atoms.